The fourth-order valence-corrected chi connectivity index (χ4v) is 2.18. The molecule has 3 rings (SSSR count). The molecular weight excluding hydrogens is 254 g/mol. The summed E-state index contributed by atoms with van der Waals surface area (Å²) >= 11 is 0. The maximum absolute atomic E-state index is 11.8. The van der Waals surface area contributed by atoms with Crippen molar-refractivity contribution < 1.29 is 9.53 Å². The van der Waals surface area contributed by atoms with E-state index in [1.54, 1.807) is 10.6 Å². The number of hydrogen-bond donors (Lipinski definition) is 0. The molecule has 0 fully saturated rings. The Labute approximate surface area is 116 Å². The van der Waals surface area contributed by atoms with Crippen molar-refractivity contribution in [3.05, 3.63) is 54.5 Å². The van der Waals surface area contributed by atoms with E-state index in [2.05, 4.69) is 5.10 Å². The van der Waals surface area contributed by atoms with Crippen LogP contribution in [0.25, 0.3) is 10.9 Å². The minimum Gasteiger partial charge on any atom is -0.459 e. The Bertz CT molecular complexity index is 742. The maximum atomic E-state index is 11.8. The predicted molar refractivity (Wildman–Crippen MR) is 75.4 cm³/mol. The molecule has 3 aromatic rings. The van der Waals surface area contributed by atoms with Gasteiger partial charge in [-0.2, -0.15) is 5.10 Å². The monoisotopic (exact) mass is 269 g/mol. The summed E-state index contributed by atoms with van der Waals surface area (Å²) in [7, 11) is 1.82. The molecule has 0 aliphatic rings. The second-order valence-corrected chi connectivity index (χ2v) is 4.57. The summed E-state index contributed by atoms with van der Waals surface area (Å²) in [6.45, 7) is 0.847. The molecule has 0 unspecified atom stereocenters. The highest BCUT2D eigenvalue weighted by Crippen LogP contribution is 2.12. The van der Waals surface area contributed by atoms with Crippen LogP contribution >= 0.6 is 0 Å². The first kappa shape index (κ1) is 12.5. The average molecular weight is 269 g/mol. The van der Waals surface area contributed by atoms with E-state index in [0.717, 1.165) is 10.9 Å². The third-order valence-corrected chi connectivity index (χ3v) is 3.24. The number of para-hydroxylation sites is 1. The number of rotatable bonds is 4. The number of nitrogens with zero attached hydrogens (tertiary/aromatic N) is 3. The van der Waals surface area contributed by atoms with E-state index in [1.807, 2.05) is 54.5 Å². The molecule has 5 nitrogen and oxygen atoms in total. The van der Waals surface area contributed by atoms with Gasteiger partial charge >= 0.3 is 5.97 Å². The quantitative estimate of drug-likeness (QED) is 0.682. The number of aryl methyl sites for hydroxylation is 1. The summed E-state index contributed by atoms with van der Waals surface area (Å²) in [4.78, 5) is 11.8. The molecule has 0 saturated carbocycles. The molecule has 2 heterocycles. The Hall–Kier alpha value is -2.56. The fourth-order valence-electron chi connectivity index (χ4n) is 2.18. The van der Waals surface area contributed by atoms with Crippen molar-refractivity contribution in [1.29, 1.82) is 0 Å². The van der Waals surface area contributed by atoms with Gasteiger partial charge in [0.25, 0.3) is 0 Å². The van der Waals surface area contributed by atoms with E-state index in [9.17, 15) is 4.79 Å². The largest absolute Gasteiger partial charge is 0.459 e. The molecule has 102 valence electrons. The van der Waals surface area contributed by atoms with E-state index in [4.69, 9.17) is 4.74 Å². The second kappa shape index (κ2) is 5.21. The Morgan fingerprint density at radius 2 is 2.10 bits per heavy atom. The van der Waals surface area contributed by atoms with Crippen molar-refractivity contribution in [1.82, 2.24) is 14.3 Å². The van der Waals surface area contributed by atoms with Gasteiger partial charge in [-0.25, -0.2) is 4.79 Å². The van der Waals surface area contributed by atoms with Crippen LogP contribution in [-0.2, 0) is 18.3 Å². The second-order valence-electron chi connectivity index (χ2n) is 4.57. The van der Waals surface area contributed by atoms with Crippen LogP contribution < -0.4 is 0 Å². The van der Waals surface area contributed by atoms with Crippen LogP contribution in [0, 0.1) is 0 Å². The number of aromatic nitrogens is 3. The summed E-state index contributed by atoms with van der Waals surface area (Å²) in [5.74, 6) is -0.311. The summed E-state index contributed by atoms with van der Waals surface area (Å²) in [6, 6.07) is 11.5. The zero-order valence-corrected chi connectivity index (χ0v) is 11.2. The van der Waals surface area contributed by atoms with Gasteiger partial charge in [0.1, 0.15) is 12.3 Å². The van der Waals surface area contributed by atoms with E-state index in [-0.39, 0.29) is 5.97 Å². The number of esters is 1. The normalized spacial score (nSPS) is 10.8. The van der Waals surface area contributed by atoms with Crippen molar-refractivity contribution >= 4 is 16.9 Å². The topological polar surface area (TPSA) is 49.0 Å². The third kappa shape index (κ3) is 2.30. The predicted octanol–water partition coefficient (Wildman–Crippen LogP) is 2.23. The van der Waals surface area contributed by atoms with Crippen molar-refractivity contribution in [3.8, 4) is 0 Å². The van der Waals surface area contributed by atoms with Crippen LogP contribution in [0.15, 0.2) is 48.8 Å². The van der Waals surface area contributed by atoms with Crippen LogP contribution in [0.5, 0.6) is 0 Å². The Morgan fingerprint density at radius 1 is 1.25 bits per heavy atom. The van der Waals surface area contributed by atoms with E-state index < -0.39 is 0 Å². The molecular formula is C15H15N3O2. The SMILES string of the molecule is Cn1cccc1C(=O)OCCn1ncc2ccccc21. The van der Waals surface area contributed by atoms with E-state index in [0.29, 0.717) is 18.8 Å². The van der Waals surface area contributed by atoms with Crippen LogP contribution in [0.1, 0.15) is 10.5 Å². The molecule has 0 atom stereocenters. The lowest BCUT2D eigenvalue weighted by atomic mass is 10.3. The van der Waals surface area contributed by atoms with Gasteiger partial charge in [-0.15, -0.1) is 0 Å². The molecule has 0 bridgehead atoms. The van der Waals surface area contributed by atoms with Crippen LogP contribution in [-0.4, -0.2) is 26.9 Å². The number of carbonyl (C=O) groups excluding carboxylic acids is 1. The first-order valence-corrected chi connectivity index (χ1v) is 6.45. The highest BCUT2D eigenvalue weighted by molar-refractivity contribution is 5.87. The minimum atomic E-state index is -0.311. The molecule has 0 saturated heterocycles. The van der Waals surface area contributed by atoms with Gasteiger partial charge in [0.2, 0.25) is 0 Å². The van der Waals surface area contributed by atoms with Gasteiger partial charge < -0.3 is 9.30 Å². The number of ether oxygens (including phenoxy) is 1. The van der Waals surface area contributed by atoms with Gasteiger partial charge in [0.05, 0.1) is 18.3 Å². The standard InChI is InChI=1S/C15H15N3O2/c1-17-8-4-7-14(17)15(19)20-10-9-18-13-6-3-2-5-12(13)11-16-18/h2-8,11H,9-10H2,1H3. The Kier molecular flexibility index (Phi) is 3.25. The average Bonchev–Trinajstić information content (AvgIpc) is 3.05. The molecule has 0 spiro atoms. The van der Waals surface area contributed by atoms with Crippen LogP contribution in [0.4, 0.5) is 0 Å². The lowest BCUT2D eigenvalue weighted by Crippen LogP contribution is -2.14. The number of fused-ring (bicyclic) bond motifs is 1. The number of benzene rings is 1. The zero-order chi connectivity index (χ0) is 13.9. The van der Waals surface area contributed by atoms with Crippen molar-refractivity contribution in [2.75, 3.05) is 6.61 Å². The van der Waals surface area contributed by atoms with Crippen LogP contribution in [0.2, 0.25) is 0 Å². The highest BCUT2D eigenvalue weighted by Gasteiger charge is 2.10. The third-order valence-electron chi connectivity index (χ3n) is 3.24. The van der Waals surface area contributed by atoms with Crippen LogP contribution in [0.3, 0.4) is 0 Å². The Balaban J connectivity index is 1.63. The summed E-state index contributed by atoms with van der Waals surface area (Å²) in [5.41, 5.74) is 1.60. The smallest absolute Gasteiger partial charge is 0.354 e. The summed E-state index contributed by atoms with van der Waals surface area (Å²) in [6.07, 6.45) is 3.63. The van der Waals surface area contributed by atoms with Gasteiger partial charge in [-0.1, -0.05) is 18.2 Å². The highest BCUT2D eigenvalue weighted by atomic mass is 16.5. The van der Waals surface area contributed by atoms with E-state index in [1.165, 1.54) is 0 Å². The lowest BCUT2D eigenvalue weighted by Gasteiger charge is -2.06. The van der Waals surface area contributed by atoms with Gasteiger partial charge in [-0.05, 0) is 18.2 Å². The number of hydrogen-bond acceptors (Lipinski definition) is 3. The first-order valence-electron chi connectivity index (χ1n) is 6.45. The number of carbonyl (C=O) groups is 1. The first-order chi connectivity index (χ1) is 9.75. The molecule has 0 aliphatic carbocycles. The lowest BCUT2D eigenvalue weighted by molar-refractivity contribution is 0.0478. The molecule has 0 aliphatic heterocycles. The molecule has 0 radical (unpaired) electrons. The molecule has 0 N–H and O–H groups in total. The zero-order valence-electron chi connectivity index (χ0n) is 11.2. The van der Waals surface area contributed by atoms with Gasteiger partial charge in [-0.3, -0.25) is 4.68 Å². The summed E-state index contributed by atoms with van der Waals surface area (Å²) in [5, 5.41) is 5.38. The van der Waals surface area contributed by atoms with Crippen molar-refractivity contribution in [3.63, 3.8) is 0 Å². The molecule has 20 heavy (non-hydrogen) atoms. The van der Waals surface area contributed by atoms with E-state index >= 15 is 0 Å². The molecule has 0 amide bonds. The van der Waals surface area contributed by atoms with Crippen molar-refractivity contribution in [2.24, 2.45) is 7.05 Å². The molecule has 1 aromatic carbocycles. The minimum absolute atomic E-state index is 0.301. The molecule has 5 heteroatoms. The van der Waals surface area contributed by atoms with Crippen molar-refractivity contribution in [2.45, 2.75) is 6.54 Å². The fraction of sp³-hybridized carbons (Fsp3) is 0.200. The van der Waals surface area contributed by atoms with Gasteiger partial charge in [0, 0.05) is 18.6 Å². The van der Waals surface area contributed by atoms with Gasteiger partial charge in [0.15, 0.2) is 0 Å². The molecule has 2 aromatic heterocycles. The maximum Gasteiger partial charge on any atom is 0.354 e. The Morgan fingerprint density at radius 3 is 2.90 bits per heavy atom. The summed E-state index contributed by atoms with van der Waals surface area (Å²) < 4.78 is 8.85.